The van der Waals surface area contributed by atoms with E-state index in [1.54, 1.807) is 0 Å². The molecule has 2 aliphatic heterocycles. The summed E-state index contributed by atoms with van der Waals surface area (Å²) < 4.78 is 34.9. The van der Waals surface area contributed by atoms with E-state index < -0.39 is 15.1 Å². The number of fused-ring (bicyclic) bond motifs is 1. The van der Waals surface area contributed by atoms with Crippen molar-refractivity contribution in [1.29, 1.82) is 0 Å². The van der Waals surface area contributed by atoms with Crippen LogP contribution in [-0.4, -0.2) is 44.8 Å². The second-order valence-corrected chi connectivity index (χ2v) is 6.59. The Balaban J connectivity index is 2.04. The van der Waals surface area contributed by atoms with Crippen LogP contribution in [0.25, 0.3) is 0 Å². The summed E-state index contributed by atoms with van der Waals surface area (Å²) in [6.45, 7) is 2.95. The van der Waals surface area contributed by atoms with E-state index in [1.165, 1.54) is 0 Å². The van der Waals surface area contributed by atoms with E-state index in [9.17, 15) is 8.42 Å². The van der Waals surface area contributed by atoms with Gasteiger partial charge in [-0.1, -0.05) is 13.3 Å². The Labute approximate surface area is 90.9 Å². The SMILES string of the molecule is CCCCS(=O)(=O)C1COC2CCOC21. The monoisotopic (exact) mass is 234 g/mol. The molecular weight excluding hydrogens is 216 g/mol. The van der Waals surface area contributed by atoms with E-state index in [2.05, 4.69) is 0 Å². The fourth-order valence-electron chi connectivity index (χ4n) is 2.23. The molecule has 2 aliphatic rings. The number of ether oxygens (including phenoxy) is 2. The molecule has 0 bridgehead atoms. The lowest BCUT2D eigenvalue weighted by Crippen LogP contribution is -2.36. The lowest BCUT2D eigenvalue weighted by atomic mass is 10.2. The molecule has 3 atom stereocenters. The third-order valence-corrected chi connectivity index (χ3v) is 5.35. The second-order valence-electron chi connectivity index (χ2n) is 4.25. The molecule has 2 fully saturated rings. The molecule has 0 amide bonds. The summed E-state index contributed by atoms with van der Waals surface area (Å²) in [7, 11) is -3.03. The quantitative estimate of drug-likeness (QED) is 0.720. The summed E-state index contributed by atoms with van der Waals surface area (Å²) in [6.07, 6.45) is 2.29. The van der Waals surface area contributed by atoms with Gasteiger partial charge in [0.15, 0.2) is 9.84 Å². The lowest BCUT2D eigenvalue weighted by Gasteiger charge is -2.16. The minimum Gasteiger partial charge on any atom is -0.374 e. The molecule has 0 saturated carbocycles. The number of hydrogen-bond donors (Lipinski definition) is 0. The van der Waals surface area contributed by atoms with E-state index in [-0.39, 0.29) is 18.0 Å². The van der Waals surface area contributed by atoms with Gasteiger partial charge in [-0.3, -0.25) is 0 Å². The molecule has 0 N–H and O–H groups in total. The van der Waals surface area contributed by atoms with Crippen LogP contribution in [0.1, 0.15) is 26.2 Å². The molecular formula is C10H18O4S. The summed E-state index contributed by atoms with van der Waals surface area (Å²) in [5.41, 5.74) is 0. The molecule has 0 aromatic carbocycles. The third-order valence-electron chi connectivity index (χ3n) is 3.16. The lowest BCUT2D eigenvalue weighted by molar-refractivity contribution is 0.0735. The van der Waals surface area contributed by atoms with E-state index in [4.69, 9.17) is 9.47 Å². The zero-order chi connectivity index (χ0) is 10.9. The van der Waals surface area contributed by atoms with Gasteiger partial charge in [-0.2, -0.15) is 0 Å². The van der Waals surface area contributed by atoms with Crippen molar-refractivity contribution in [1.82, 2.24) is 0 Å². The van der Waals surface area contributed by atoms with Crippen molar-refractivity contribution in [2.45, 2.75) is 43.6 Å². The van der Waals surface area contributed by atoms with Crippen LogP contribution >= 0.6 is 0 Å². The second kappa shape index (κ2) is 4.39. The van der Waals surface area contributed by atoms with Gasteiger partial charge in [0.1, 0.15) is 11.4 Å². The van der Waals surface area contributed by atoms with Crippen LogP contribution in [0.3, 0.4) is 0 Å². The van der Waals surface area contributed by atoms with Gasteiger partial charge in [0.2, 0.25) is 0 Å². The van der Waals surface area contributed by atoms with Gasteiger partial charge < -0.3 is 9.47 Å². The summed E-state index contributed by atoms with van der Waals surface area (Å²) >= 11 is 0. The summed E-state index contributed by atoms with van der Waals surface area (Å²) in [5, 5.41) is -0.420. The average Bonchev–Trinajstić information content (AvgIpc) is 2.74. The Hall–Kier alpha value is -0.130. The van der Waals surface area contributed by atoms with Gasteiger partial charge >= 0.3 is 0 Å². The number of hydrogen-bond acceptors (Lipinski definition) is 4. The van der Waals surface area contributed by atoms with Crippen LogP contribution in [0.5, 0.6) is 0 Å². The Morgan fingerprint density at radius 2 is 2.13 bits per heavy atom. The maximum Gasteiger partial charge on any atom is 0.158 e. The van der Waals surface area contributed by atoms with Gasteiger partial charge in [0.05, 0.1) is 18.5 Å². The normalized spacial score (nSPS) is 35.7. The highest BCUT2D eigenvalue weighted by Crippen LogP contribution is 2.31. The highest BCUT2D eigenvalue weighted by molar-refractivity contribution is 7.92. The van der Waals surface area contributed by atoms with Crippen molar-refractivity contribution in [2.24, 2.45) is 0 Å². The van der Waals surface area contributed by atoms with Crippen molar-refractivity contribution in [2.75, 3.05) is 19.0 Å². The van der Waals surface area contributed by atoms with Crippen LogP contribution < -0.4 is 0 Å². The van der Waals surface area contributed by atoms with Crippen LogP contribution in [0.15, 0.2) is 0 Å². The zero-order valence-corrected chi connectivity index (χ0v) is 9.83. The van der Waals surface area contributed by atoms with Crippen molar-refractivity contribution < 1.29 is 17.9 Å². The third kappa shape index (κ3) is 2.19. The average molecular weight is 234 g/mol. The van der Waals surface area contributed by atoms with Gasteiger partial charge in [-0.15, -0.1) is 0 Å². The highest BCUT2D eigenvalue weighted by atomic mass is 32.2. The van der Waals surface area contributed by atoms with E-state index >= 15 is 0 Å². The minimum absolute atomic E-state index is 0.0198. The summed E-state index contributed by atoms with van der Waals surface area (Å²) in [5.74, 6) is 0.268. The molecule has 0 spiro atoms. The maximum absolute atomic E-state index is 12.0. The van der Waals surface area contributed by atoms with Crippen molar-refractivity contribution in [3.05, 3.63) is 0 Å². The molecule has 0 radical (unpaired) electrons. The topological polar surface area (TPSA) is 52.6 Å². The Morgan fingerprint density at radius 3 is 2.87 bits per heavy atom. The first kappa shape index (κ1) is 11.4. The largest absolute Gasteiger partial charge is 0.374 e. The molecule has 3 unspecified atom stereocenters. The number of sulfone groups is 1. The molecule has 15 heavy (non-hydrogen) atoms. The first-order valence-electron chi connectivity index (χ1n) is 5.60. The molecule has 2 rings (SSSR count). The minimum atomic E-state index is -3.03. The van der Waals surface area contributed by atoms with Crippen LogP contribution in [-0.2, 0) is 19.3 Å². The fraction of sp³-hybridized carbons (Fsp3) is 1.00. The Morgan fingerprint density at radius 1 is 1.33 bits per heavy atom. The Kier molecular flexibility index (Phi) is 3.33. The van der Waals surface area contributed by atoms with Gasteiger partial charge in [0, 0.05) is 6.61 Å². The molecule has 2 saturated heterocycles. The van der Waals surface area contributed by atoms with Gasteiger partial charge in [0.25, 0.3) is 0 Å². The fourth-order valence-corrected chi connectivity index (χ4v) is 4.18. The number of rotatable bonds is 4. The first-order chi connectivity index (χ1) is 7.15. The predicted octanol–water partition coefficient (Wildman–Crippen LogP) is 0.758. The Bertz CT molecular complexity index is 311. The predicted molar refractivity (Wildman–Crippen MR) is 56.6 cm³/mol. The van der Waals surface area contributed by atoms with E-state index in [1.807, 2.05) is 6.92 Å². The zero-order valence-electron chi connectivity index (χ0n) is 9.02. The van der Waals surface area contributed by atoms with E-state index in [0.717, 1.165) is 19.3 Å². The molecule has 5 heteroatoms. The summed E-state index contributed by atoms with van der Waals surface area (Å²) in [4.78, 5) is 0. The molecule has 2 heterocycles. The van der Waals surface area contributed by atoms with Gasteiger partial charge in [-0.25, -0.2) is 8.42 Å². The number of unbranched alkanes of at least 4 members (excludes halogenated alkanes) is 1. The smallest absolute Gasteiger partial charge is 0.158 e. The molecule has 0 aromatic heterocycles. The molecule has 4 nitrogen and oxygen atoms in total. The maximum atomic E-state index is 12.0. The standard InChI is InChI=1S/C10H18O4S/c1-2-3-6-15(11,12)9-7-14-8-4-5-13-10(8)9/h8-10H,2-7H2,1H3. The molecule has 0 aliphatic carbocycles. The first-order valence-corrected chi connectivity index (χ1v) is 7.31. The van der Waals surface area contributed by atoms with Gasteiger partial charge in [-0.05, 0) is 12.8 Å². The van der Waals surface area contributed by atoms with Crippen molar-refractivity contribution in [3.8, 4) is 0 Å². The van der Waals surface area contributed by atoms with Crippen LogP contribution in [0, 0.1) is 0 Å². The molecule has 0 aromatic rings. The van der Waals surface area contributed by atoms with Crippen molar-refractivity contribution in [3.63, 3.8) is 0 Å². The molecule has 88 valence electrons. The highest BCUT2D eigenvalue weighted by Gasteiger charge is 2.47. The van der Waals surface area contributed by atoms with Crippen molar-refractivity contribution >= 4 is 9.84 Å². The summed E-state index contributed by atoms with van der Waals surface area (Å²) in [6, 6.07) is 0. The van der Waals surface area contributed by atoms with Crippen LogP contribution in [0.4, 0.5) is 0 Å². The van der Waals surface area contributed by atoms with Crippen LogP contribution in [0.2, 0.25) is 0 Å². The van der Waals surface area contributed by atoms with E-state index in [0.29, 0.717) is 13.2 Å².